The van der Waals surface area contributed by atoms with Crippen molar-refractivity contribution in [2.45, 2.75) is 121 Å². The molecule has 16 nitrogen and oxygen atoms in total. The van der Waals surface area contributed by atoms with Crippen molar-refractivity contribution in [3.05, 3.63) is 23.8 Å². The number of hydrogen-bond acceptors (Lipinski definition) is 14. The van der Waals surface area contributed by atoms with Gasteiger partial charge < -0.3 is 48.8 Å². The van der Waals surface area contributed by atoms with Gasteiger partial charge in [-0.2, -0.15) is 0 Å². The average molecular weight is 571 g/mol. The van der Waals surface area contributed by atoms with E-state index in [0.29, 0.717) is 17.9 Å². The molecule has 5 heterocycles. The van der Waals surface area contributed by atoms with Gasteiger partial charge in [0.05, 0.1) is 38.8 Å². The minimum absolute atomic E-state index is 0.0379. The molecule has 0 bridgehead atoms. The molecule has 3 aliphatic rings. The molecule has 0 amide bonds. The Labute approximate surface area is 230 Å². The normalized spacial score (nSPS) is 35.3. The number of aliphatic hydroxyl groups is 4. The highest BCUT2D eigenvalue weighted by Gasteiger charge is 2.56. The quantitative estimate of drug-likeness (QED) is 0.229. The lowest BCUT2D eigenvalue weighted by atomic mass is 9.99. The lowest BCUT2D eigenvalue weighted by Gasteiger charge is -2.38. The number of aliphatic hydroxyl groups excluding tert-OH is 4. The van der Waals surface area contributed by atoms with Crippen molar-refractivity contribution in [3.8, 4) is 0 Å². The van der Waals surface area contributed by atoms with Crippen molar-refractivity contribution in [1.82, 2.24) is 30.0 Å². The topological polar surface area (TPSA) is 198 Å². The molecule has 224 valence electrons. The third kappa shape index (κ3) is 6.67. The number of fused-ring (bicyclic) bond motifs is 1. The second-order valence-corrected chi connectivity index (χ2v) is 10.7. The van der Waals surface area contributed by atoms with E-state index in [4.69, 9.17) is 28.4 Å². The van der Waals surface area contributed by atoms with E-state index in [-0.39, 0.29) is 25.9 Å². The molecule has 0 spiro atoms. The first kappa shape index (κ1) is 29.4. The lowest BCUT2D eigenvalue weighted by molar-refractivity contribution is -0.289. The maximum atomic E-state index is 10.0. The number of hydrogen-bond donors (Lipinski definition) is 4. The summed E-state index contributed by atoms with van der Waals surface area (Å²) in [6, 6.07) is 0. The number of unbranched alkanes of at least 4 members (excludes halogenated alkanes) is 1. The summed E-state index contributed by atoms with van der Waals surface area (Å²) in [6.45, 7) is 7.04. The molecule has 3 fully saturated rings. The molecule has 2 aromatic rings. The van der Waals surface area contributed by atoms with Crippen molar-refractivity contribution in [3.63, 3.8) is 0 Å². The Morgan fingerprint density at radius 2 is 1.57 bits per heavy atom. The van der Waals surface area contributed by atoms with Crippen LogP contribution in [0, 0.1) is 0 Å². The SMILES string of the molecule is CCCCn1cc(CO[C@@H]2O[C@H](Cn3cc(COC[C@H]4OC(O)[C@H](O)[C@@H](O)[C@H]4O)nn3)[C@H]3OC(C)(C)O[C@@H]23)nn1. The summed E-state index contributed by atoms with van der Waals surface area (Å²) in [7, 11) is 0. The highest BCUT2D eigenvalue weighted by atomic mass is 16.8. The molecule has 3 aliphatic heterocycles. The number of aryl methyl sites for hydroxylation is 1. The van der Waals surface area contributed by atoms with Crippen LogP contribution < -0.4 is 0 Å². The highest BCUT2D eigenvalue weighted by Crippen LogP contribution is 2.39. The van der Waals surface area contributed by atoms with E-state index in [0.717, 1.165) is 19.4 Å². The predicted octanol–water partition coefficient (Wildman–Crippen LogP) is -1.55. The van der Waals surface area contributed by atoms with Crippen molar-refractivity contribution in [2.75, 3.05) is 6.61 Å². The van der Waals surface area contributed by atoms with Crippen molar-refractivity contribution < 1.29 is 48.8 Å². The van der Waals surface area contributed by atoms with Gasteiger partial charge in [0.25, 0.3) is 0 Å². The van der Waals surface area contributed by atoms with E-state index in [1.165, 1.54) is 0 Å². The monoisotopic (exact) mass is 570 g/mol. The van der Waals surface area contributed by atoms with Crippen LogP contribution in [0.5, 0.6) is 0 Å². The highest BCUT2D eigenvalue weighted by molar-refractivity contribution is 4.98. The lowest BCUT2D eigenvalue weighted by Crippen LogP contribution is -2.58. The maximum absolute atomic E-state index is 10.0. The fourth-order valence-corrected chi connectivity index (χ4v) is 4.95. The molecule has 0 aliphatic carbocycles. The second-order valence-electron chi connectivity index (χ2n) is 10.7. The molecule has 0 aromatic carbocycles. The van der Waals surface area contributed by atoms with Crippen molar-refractivity contribution in [1.29, 1.82) is 0 Å². The number of ether oxygens (including phenoxy) is 6. The molecule has 16 heteroatoms. The fraction of sp³-hybridized carbons (Fsp3) is 0.833. The smallest absolute Gasteiger partial charge is 0.187 e. The van der Waals surface area contributed by atoms with Crippen molar-refractivity contribution in [2.24, 2.45) is 0 Å². The summed E-state index contributed by atoms with van der Waals surface area (Å²) >= 11 is 0. The Morgan fingerprint density at radius 1 is 0.875 bits per heavy atom. The molecule has 3 saturated heterocycles. The Bertz CT molecular complexity index is 1100. The predicted molar refractivity (Wildman–Crippen MR) is 131 cm³/mol. The second kappa shape index (κ2) is 12.4. The van der Waals surface area contributed by atoms with Gasteiger partial charge in [-0.3, -0.25) is 4.68 Å². The third-order valence-electron chi connectivity index (χ3n) is 7.00. The zero-order valence-corrected chi connectivity index (χ0v) is 22.7. The molecular weight excluding hydrogens is 532 g/mol. The Kier molecular flexibility index (Phi) is 9.11. The Morgan fingerprint density at radius 3 is 2.35 bits per heavy atom. The summed E-state index contributed by atoms with van der Waals surface area (Å²) in [5.74, 6) is -0.799. The average Bonchev–Trinajstić information content (AvgIpc) is 3.69. The van der Waals surface area contributed by atoms with Crippen LogP contribution in [0.25, 0.3) is 0 Å². The van der Waals surface area contributed by atoms with Crippen LogP contribution in [-0.2, 0) is 54.7 Å². The zero-order chi connectivity index (χ0) is 28.4. The molecule has 4 N–H and O–H groups in total. The first-order valence-corrected chi connectivity index (χ1v) is 13.5. The minimum atomic E-state index is -1.62. The van der Waals surface area contributed by atoms with Gasteiger partial charge in [0.15, 0.2) is 18.4 Å². The number of nitrogens with zero attached hydrogens (tertiary/aromatic N) is 6. The van der Waals surface area contributed by atoms with Gasteiger partial charge in [-0.25, -0.2) is 4.68 Å². The molecule has 0 radical (unpaired) electrons. The van der Waals surface area contributed by atoms with Gasteiger partial charge in [0, 0.05) is 6.54 Å². The van der Waals surface area contributed by atoms with Gasteiger partial charge in [0.1, 0.15) is 54.1 Å². The van der Waals surface area contributed by atoms with E-state index >= 15 is 0 Å². The summed E-state index contributed by atoms with van der Waals surface area (Å²) in [5.41, 5.74) is 1.20. The standard InChI is InChI=1S/C24H38N6O10/c1-4-5-6-29-7-14(26-27-29)11-36-23-21-20(39-24(2,3)40-21)15(38-23)9-30-8-13(25-28-30)10-35-12-16-17(31)18(32)19(33)22(34)37-16/h7-8,15-23,31-34H,4-6,9-12H2,1-3H3/t15-,16-,17+,18+,19-,20-,21-,22?,23-/m1/s1. The van der Waals surface area contributed by atoms with E-state index < -0.39 is 55.0 Å². The van der Waals surface area contributed by atoms with Crippen molar-refractivity contribution >= 4 is 0 Å². The summed E-state index contributed by atoms with van der Waals surface area (Å²) < 4.78 is 38.5. The molecule has 9 atom stereocenters. The van der Waals surface area contributed by atoms with Crippen LogP contribution in [0.2, 0.25) is 0 Å². The van der Waals surface area contributed by atoms with Crippen LogP contribution in [0.15, 0.2) is 12.4 Å². The minimum Gasteiger partial charge on any atom is -0.387 e. The van der Waals surface area contributed by atoms with Gasteiger partial charge in [-0.1, -0.05) is 23.8 Å². The molecule has 2 aromatic heterocycles. The molecule has 0 saturated carbocycles. The zero-order valence-electron chi connectivity index (χ0n) is 22.7. The van der Waals surface area contributed by atoms with Crippen LogP contribution in [0.3, 0.4) is 0 Å². The first-order valence-electron chi connectivity index (χ1n) is 13.5. The maximum Gasteiger partial charge on any atom is 0.187 e. The number of rotatable bonds is 12. The van der Waals surface area contributed by atoms with E-state index in [2.05, 4.69) is 27.5 Å². The molecule has 5 rings (SSSR count). The Hall–Kier alpha value is -2.12. The van der Waals surface area contributed by atoms with Gasteiger partial charge in [-0.15, -0.1) is 10.2 Å². The molecule has 1 unspecified atom stereocenters. The largest absolute Gasteiger partial charge is 0.387 e. The first-order chi connectivity index (χ1) is 19.1. The van der Waals surface area contributed by atoms with E-state index in [1.54, 1.807) is 15.6 Å². The van der Waals surface area contributed by atoms with Gasteiger partial charge >= 0.3 is 0 Å². The molecule has 40 heavy (non-hydrogen) atoms. The van der Waals surface area contributed by atoms with E-state index in [9.17, 15) is 20.4 Å². The van der Waals surface area contributed by atoms with Crippen LogP contribution in [-0.4, -0.2) is 118 Å². The van der Waals surface area contributed by atoms with E-state index in [1.807, 2.05) is 20.0 Å². The van der Waals surface area contributed by atoms with Gasteiger partial charge in [-0.05, 0) is 20.3 Å². The molecular formula is C24H38N6O10. The van der Waals surface area contributed by atoms with Crippen LogP contribution >= 0.6 is 0 Å². The fourth-order valence-electron chi connectivity index (χ4n) is 4.95. The van der Waals surface area contributed by atoms with Crippen LogP contribution in [0.1, 0.15) is 45.0 Å². The Balaban J connectivity index is 1.13. The summed E-state index contributed by atoms with van der Waals surface area (Å²) in [5, 5.41) is 55.6. The number of aromatic nitrogens is 6. The summed E-state index contributed by atoms with van der Waals surface area (Å²) in [6.07, 6.45) is -3.48. The van der Waals surface area contributed by atoms with Gasteiger partial charge in [0.2, 0.25) is 0 Å². The summed E-state index contributed by atoms with van der Waals surface area (Å²) in [4.78, 5) is 0. The van der Waals surface area contributed by atoms with Crippen LogP contribution in [0.4, 0.5) is 0 Å². The third-order valence-corrected chi connectivity index (χ3v) is 7.00.